The van der Waals surface area contributed by atoms with Crippen molar-refractivity contribution in [3.05, 3.63) is 11.1 Å². The highest BCUT2D eigenvalue weighted by Gasteiger charge is 2.75. The molecule has 1 heterocycles. The second kappa shape index (κ2) is 5.07. The van der Waals surface area contributed by atoms with E-state index in [4.69, 9.17) is 14.2 Å². The fourth-order valence-corrected chi connectivity index (χ4v) is 5.15. The lowest BCUT2D eigenvalue weighted by molar-refractivity contribution is -0.190. The summed E-state index contributed by atoms with van der Waals surface area (Å²) in [5.74, 6) is -1.18. The van der Waals surface area contributed by atoms with Crippen LogP contribution in [0.15, 0.2) is 11.1 Å². The molecule has 6 nitrogen and oxygen atoms in total. The van der Waals surface area contributed by atoms with Crippen molar-refractivity contribution < 1.29 is 28.6 Å². The number of esters is 3. The molecule has 0 spiro atoms. The van der Waals surface area contributed by atoms with Gasteiger partial charge in [0, 0.05) is 24.3 Å². The smallest absolute Gasteiger partial charge is 0.338 e. The zero-order valence-corrected chi connectivity index (χ0v) is 15.0. The van der Waals surface area contributed by atoms with Gasteiger partial charge in [0.05, 0.1) is 12.7 Å². The Labute approximate surface area is 141 Å². The number of hydrogen-bond donors (Lipinski definition) is 0. The maximum absolute atomic E-state index is 12.7. The lowest BCUT2D eigenvalue weighted by atomic mass is 9.66. The lowest BCUT2D eigenvalue weighted by Crippen LogP contribution is -2.57. The molecule has 3 fully saturated rings. The van der Waals surface area contributed by atoms with Crippen molar-refractivity contribution in [2.24, 2.45) is 23.2 Å². The van der Waals surface area contributed by atoms with Gasteiger partial charge in [-0.25, -0.2) is 9.59 Å². The fraction of sp³-hybridized carbons (Fsp3) is 0.722. The van der Waals surface area contributed by atoms with E-state index in [1.54, 1.807) is 0 Å². The average Bonchev–Trinajstić information content (AvgIpc) is 3.23. The van der Waals surface area contributed by atoms with Crippen LogP contribution < -0.4 is 0 Å². The van der Waals surface area contributed by atoms with Gasteiger partial charge in [0.15, 0.2) is 0 Å². The van der Waals surface area contributed by atoms with Crippen molar-refractivity contribution in [1.29, 1.82) is 0 Å². The van der Waals surface area contributed by atoms with Gasteiger partial charge in [-0.1, -0.05) is 13.8 Å². The molecule has 5 unspecified atom stereocenters. The molecular weight excluding hydrogens is 312 g/mol. The van der Waals surface area contributed by atoms with Gasteiger partial charge in [-0.3, -0.25) is 4.79 Å². The summed E-state index contributed by atoms with van der Waals surface area (Å²) in [6, 6.07) is 0. The number of fused-ring (bicyclic) bond motifs is 3. The highest BCUT2D eigenvalue weighted by molar-refractivity contribution is 6.01. The first-order valence-corrected chi connectivity index (χ1v) is 8.25. The minimum absolute atomic E-state index is 0.105. The van der Waals surface area contributed by atoms with Crippen molar-refractivity contribution in [1.82, 2.24) is 0 Å². The van der Waals surface area contributed by atoms with Crippen LogP contribution in [0, 0.1) is 23.2 Å². The SMILES string of the molecule is COC(=O)C(C)=C1C(=O)OC2(C)C3CC3C(C)(C)C2C1OC(C)=O. The van der Waals surface area contributed by atoms with E-state index in [0.717, 1.165) is 6.42 Å². The van der Waals surface area contributed by atoms with Gasteiger partial charge in [0.2, 0.25) is 0 Å². The number of methoxy groups -OCH3 is 1. The predicted octanol–water partition coefficient (Wildman–Crippen LogP) is 2.02. The molecule has 0 bridgehead atoms. The second-order valence-corrected chi connectivity index (χ2v) is 7.88. The van der Waals surface area contributed by atoms with Crippen LogP contribution in [-0.4, -0.2) is 36.7 Å². The molecule has 1 aliphatic heterocycles. The number of ether oxygens (including phenoxy) is 3. The Bertz CT molecular complexity index is 660. The summed E-state index contributed by atoms with van der Waals surface area (Å²) < 4.78 is 16.1. The third-order valence-electron chi connectivity index (χ3n) is 6.21. The summed E-state index contributed by atoms with van der Waals surface area (Å²) in [6.45, 7) is 8.98. The van der Waals surface area contributed by atoms with Gasteiger partial charge in [0.25, 0.3) is 0 Å². The van der Waals surface area contributed by atoms with Crippen LogP contribution in [0.4, 0.5) is 0 Å². The van der Waals surface area contributed by atoms with Crippen LogP contribution in [0.25, 0.3) is 0 Å². The van der Waals surface area contributed by atoms with Crippen molar-refractivity contribution in [3.63, 3.8) is 0 Å². The van der Waals surface area contributed by atoms with Gasteiger partial charge in [-0.15, -0.1) is 0 Å². The van der Waals surface area contributed by atoms with E-state index >= 15 is 0 Å². The minimum atomic E-state index is -0.796. The van der Waals surface area contributed by atoms with Crippen molar-refractivity contribution in [2.45, 2.75) is 52.7 Å². The fourth-order valence-electron chi connectivity index (χ4n) is 5.15. The highest BCUT2D eigenvalue weighted by atomic mass is 16.6. The summed E-state index contributed by atoms with van der Waals surface area (Å²) >= 11 is 0. The molecule has 0 amide bonds. The van der Waals surface area contributed by atoms with E-state index in [2.05, 4.69) is 13.8 Å². The van der Waals surface area contributed by atoms with E-state index in [0.29, 0.717) is 5.92 Å². The summed E-state index contributed by atoms with van der Waals surface area (Å²) in [5.41, 5.74) is -0.603. The molecule has 132 valence electrons. The number of hydrogen-bond acceptors (Lipinski definition) is 6. The zero-order valence-electron chi connectivity index (χ0n) is 15.0. The predicted molar refractivity (Wildman–Crippen MR) is 83.6 cm³/mol. The summed E-state index contributed by atoms with van der Waals surface area (Å²) in [6.07, 6.45) is 0.213. The summed E-state index contributed by atoms with van der Waals surface area (Å²) in [4.78, 5) is 36.4. The molecule has 1 saturated heterocycles. The zero-order chi connectivity index (χ0) is 18.0. The Morgan fingerprint density at radius 1 is 1.17 bits per heavy atom. The van der Waals surface area contributed by atoms with Gasteiger partial charge >= 0.3 is 17.9 Å². The monoisotopic (exact) mass is 336 g/mol. The third kappa shape index (κ3) is 2.11. The van der Waals surface area contributed by atoms with E-state index in [1.165, 1.54) is 21.0 Å². The Morgan fingerprint density at radius 3 is 2.33 bits per heavy atom. The standard InChI is InChI=1S/C18H24O6/c1-8(15(20)22-6)12-13(23-9(2)19)14-17(3,4)10-7-11(10)18(14,5)24-16(12)21/h10-11,13-14H,7H2,1-6H3. The van der Waals surface area contributed by atoms with Gasteiger partial charge in [-0.05, 0) is 31.6 Å². The Balaban J connectivity index is 2.14. The molecule has 6 heteroatoms. The Kier molecular flexibility index (Phi) is 3.59. The van der Waals surface area contributed by atoms with Crippen LogP contribution in [0.2, 0.25) is 0 Å². The minimum Gasteiger partial charge on any atom is -0.466 e. The van der Waals surface area contributed by atoms with E-state index < -0.39 is 29.6 Å². The average molecular weight is 336 g/mol. The van der Waals surface area contributed by atoms with Crippen molar-refractivity contribution in [3.8, 4) is 0 Å². The highest BCUT2D eigenvalue weighted by Crippen LogP contribution is 2.72. The number of carbonyl (C=O) groups excluding carboxylic acids is 3. The summed E-state index contributed by atoms with van der Waals surface area (Å²) in [5, 5.41) is 0. The van der Waals surface area contributed by atoms with Gasteiger partial charge in [0.1, 0.15) is 11.7 Å². The molecule has 5 atom stereocenters. The Hall–Kier alpha value is -1.85. The van der Waals surface area contributed by atoms with E-state index in [-0.39, 0.29) is 28.4 Å². The first-order valence-electron chi connectivity index (χ1n) is 8.25. The Morgan fingerprint density at radius 2 is 1.79 bits per heavy atom. The number of carbonyl (C=O) groups is 3. The lowest BCUT2D eigenvalue weighted by Gasteiger charge is -2.48. The molecule has 24 heavy (non-hydrogen) atoms. The first-order chi connectivity index (χ1) is 11.1. The first kappa shape index (κ1) is 17.0. The van der Waals surface area contributed by atoms with E-state index in [1.807, 2.05) is 6.92 Å². The number of rotatable bonds is 2. The van der Waals surface area contributed by atoms with Crippen LogP contribution in [0.3, 0.4) is 0 Å². The molecule has 0 N–H and O–H groups in total. The molecule has 0 aromatic heterocycles. The molecular formula is C18H24O6. The summed E-state index contributed by atoms with van der Waals surface area (Å²) in [7, 11) is 1.25. The topological polar surface area (TPSA) is 78.9 Å². The third-order valence-corrected chi connectivity index (χ3v) is 6.21. The molecule has 2 aliphatic carbocycles. The largest absolute Gasteiger partial charge is 0.466 e. The maximum atomic E-state index is 12.7. The normalized spacial score (nSPS) is 40.8. The molecule has 3 rings (SSSR count). The second-order valence-electron chi connectivity index (χ2n) is 7.88. The van der Waals surface area contributed by atoms with E-state index in [9.17, 15) is 14.4 Å². The quantitative estimate of drug-likeness (QED) is 0.436. The van der Waals surface area contributed by atoms with Gasteiger partial charge in [-0.2, -0.15) is 0 Å². The van der Waals surface area contributed by atoms with Gasteiger partial charge < -0.3 is 14.2 Å². The van der Waals surface area contributed by atoms with Crippen molar-refractivity contribution >= 4 is 17.9 Å². The van der Waals surface area contributed by atoms with Crippen LogP contribution in [0.1, 0.15) is 41.0 Å². The van der Waals surface area contributed by atoms with Crippen LogP contribution in [-0.2, 0) is 28.6 Å². The van der Waals surface area contributed by atoms with Crippen molar-refractivity contribution in [2.75, 3.05) is 7.11 Å². The maximum Gasteiger partial charge on any atom is 0.338 e. The molecule has 2 saturated carbocycles. The molecule has 3 aliphatic rings. The molecule has 0 aromatic rings. The molecule has 0 aromatic carbocycles. The van der Waals surface area contributed by atoms with Crippen LogP contribution in [0.5, 0.6) is 0 Å². The van der Waals surface area contributed by atoms with Crippen LogP contribution >= 0.6 is 0 Å². The molecule has 0 radical (unpaired) electrons.